The van der Waals surface area contributed by atoms with E-state index in [9.17, 15) is 4.79 Å². The Labute approximate surface area is 88.0 Å². The molecule has 0 aliphatic heterocycles. The van der Waals surface area contributed by atoms with Gasteiger partial charge in [0.15, 0.2) is 0 Å². The lowest BCUT2D eigenvalue weighted by molar-refractivity contribution is -0.135. The van der Waals surface area contributed by atoms with E-state index in [0.717, 1.165) is 5.56 Å². The predicted molar refractivity (Wildman–Crippen MR) is 58.7 cm³/mol. The van der Waals surface area contributed by atoms with Crippen molar-refractivity contribution in [3.8, 4) is 5.75 Å². The monoisotopic (exact) mass is 207 g/mol. The first-order valence-corrected chi connectivity index (χ1v) is 4.45. The van der Waals surface area contributed by atoms with Crippen LogP contribution in [0.3, 0.4) is 0 Å². The van der Waals surface area contributed by atoms with Crippen molar-refractivity contribution in [2.45, 2.75) is 6.42 Å². The van der Waals surface area contributed by atoms with E-state index >= 15 is 0 Å². The molecule has 1 aromatic carbocycles. The topological polar surface area (TPSA) is 72.5 Å². The van der Waals surface area contributed by atoms with Crippen molar-refractivity contribution < 1.29 is 14.6 Å². The van der Waals surface area contributed by atoms with Gasteiger partial charge in [-0.2, -0.15) is 0 Å². The van der Waals surface area contributed by atoms with Gasteiger partial charge in [-0.3, -0.25) is 4.79 Å². The molecule has 0 unspecified atom stereocenters. The Balaban J connectivity index is 2.87. The standard InChI is InChI=1S/C11H13NO3/c1-15-10-6-5-9(12)7-8(10)3-2-4-11(13)14/h2-3,5-7H,4,12H2,1H3,(H,13,14). The van der Waals surface area contributed by atoms with Gasteiger partial charge >= 0.3 is 5.97 Å². The number of rotatable bonds is 4. The van der Waals surface area contributed by atoms with Gasteiger partial charge < -0.3 is 15.6 Å². The Morgan fingerprint density at radius 3 is 2.93 bits per heavy atom. The molecule has 0 bridgehead atoms. The molecule has 0 saturated heterocycles. The second kappa shape index (κ2) is 5.05. The van der Waals surface area contributed by atoms with Crippen molar-refractivity contribution in [2.75, 3.05) is 12.8 Å². The summed E-state index contributed by atoms with van der Waals surface area (Å²) < 4.78 is 5.10. The molecular weight excluding hydrogens is 194 g/mol. The molecule has 0 aliphatic carbocycles. The molecule has 0 fully saturated rings. The molecule has 1 rings (SSSR count). The predicted octanol–water partition coefficient (Wildman–Crippen LogP) is 1.77. The molecule has 0 heterocycles. The van der Waals surface area contributed by atoms with Gasteiger partial charge in [0, 0.05) is 11.3 Å². The fraction of sp³-hybridized carbons (Fsp3) is 0.182. The number of carboxylic acids is 1. The van der Waals surface area contributed by atoms with Crippen LogP contribution in [0, 0.1) is 0 Å². The molecule has 4 nitrogen and oxygen atoms in total. The van der Waals surface area contributed by atoms with E-state index in [2.05, 4.69) is 0 Å². The fourth-order valence-electron chi connectivity index (χ4n) is 1.17. The number of benzene rings is 1. The Morgan fingerprint density at radius 1 is 1.60 bits per heavy atom. The Hall–Kier alpha value is -1.97. The maximum absolute atomic E-state index is 10.3. The number of hydrogen-bond donors (Lipinski definition) is 2. The van der Waals surface area contributed by atoms with Gasteiger partial charge in [0.2, 0.25) is 0 Å². The Morgan fingerprint density at radius 2 is 2.33 bits per heavy atom. The zero-order valence-electron chi connectivity index (χ0n) is 8.43. The average molecular weight is 207 g/mol. The van der Waals surface area contributed by atoms with Crippen molar-refractivity contribution in [3.05, 3.63) is 29.8 Å². The highest BCUT2D eigenvalue weighted by Crippen LogP contribution is 2.22. The van der Waals surface area contributed by atoms with E-state index in [1.165, 1.54) is 0 Å². The van der Waals surface area contributed by atoms with Gasteiger partial charge in [-0.1, -0.05) is 12.2 Å². The second-order valence-corrected chi connectivity index (χ2v) is 3.00. The lowest BCUT2D eigenvalue weighted by Crippen LogP contribution is -1.92. The summed E-state index contributed by atoms with van der Waals surface area (Å²) in [6.45, 7) is 0. The smallest absolute Gasteiger partial charge is 0.307 e. The van der Waals surface area contributed by atoms with Crippen LogP contribution in [0.2, 0.25) is 0 Å². The number of ether oxygens (including phenoxy) is 1. The maximum atomic E-state index is 10.3. The summed E-state index contributed by atoms with van der Waals surface area (Å²) in [5.41, 5.74) is 7.00. The summed E-state index contributed by atoms with van der Waals surface area (Å²) >= 11 is 0. The molecule has 0 atom stereocenters. The summed E-state index contributed by atoms with van der Waals surface area (Å²) in [6.07, 6.45) is 3.22. The molecule has 80 valence electrons. The summed E-state index contributed by atoms with van der Waals surface area (Å²) in [4.78, 5) is 10.3. The summed E-state index contributed by atoms with van der Waals surface area (Å²) in [5, 5.41) is 8.47. The quantitative estimate of drug-likeness (QED) is 0.738. The summed E-state index contributed by atoms with van der Waals surface area (Å²) in [5.74, 6) is -0.194. The minimum absolute atomic E-state index is 0.0159. The van der Waals surface area contributed by atoms with Crippen LogP contribution < -0.4 is 10.5 Å². The second-order valence-electron chi connectivity index (χ2n) is 3.00. The number of hydrogen-bond acceptors (Lipinski definition) is 3. The number of nitrogens with two attached hydrogens (primary N) is 1. The first-order valence-electron chi connectivity index (χ1n) is 4.45. The fourth-order valence-corrected chi connectivity index (χ4v) is 1.17. The zero-order chi connectivity index (χ0) is 11.3. The highest BCUT2D eigenvalue weighted by Gasteiger charge is 1.99. The highest BCUT2D eigenvalue weighted by atomic mass is 16.5. The van der Waals surface area contributed by atoms with Crippen molar-refractivity contribution >= 4 is 17.7 Å². The van der Waals surface area contributed by atoms with Crippen LogP contribution in [0.5, 0.6) is 5.75 Å². The number of carbonyl (C=O) groups is 1. The van der Waals surface area contributed by atoms with E-state index in [-0.39, 0.29) is 6.42 Å². The molecule has 0 radical (unpaired) electrons. The molecule has 15 heavy (non-hydrogen) atoms. The molecule has 0 aromatic heterocycles. The lowest BCUT2D eigenvalue weighted by Gasteiger charge is -2.05. The van der Waals surface area contributed by atoms with E-state index in [4.69, 9.17) is 15.6 Å². The third kappa shape index (κ3) is 3.34. The lowest BCUT2D eigenvalue weighted by atomic mass is 10.1. The minimum atomic E-state index is -0.867. The number of carboxylic acid groups (broad SMARTS) is 1. The van der Waals surface area contributed by atoms with Crippen LogP contribution in [-0.2, 0) is 4.79 Å². The van der Waals surface area contributed by atoms with Gasteiger partial charge in [0.05, 0.1) is 13.5 Å². The molecular formula is C11H13NO3. The van der Waals surface area contributed by atoms with E-state index in [1.54, 1.807) is 37.5 Å². The number of methoxy groups -OCH3 is 1. The largest absolute Gasteiger partial charge is 0.496 e. The first-order chi connectivity index (χ1) is 7.13. The van der Waals surface area contributed by atoms with Crippen LogP contribution in [-0.4, -0.2) is 18.2 Å². The highest BCUT2D eigenvalue weighted by molar-refractivity contribution is 5.71. The zero-order valence-corrected chi connectivity index (χ0v) is 8.43. The van der Waals surface area contributed by atoms with Gasteiger partial charge in [0.1, 0.15) is 5.75 Å². The van der Waals surface area contributed by atoms with Crippen molar-refractivity contribution in [2.24, 2.45) is 0 Å². The van der Waals surface area contributed by atoms with Crippen LogP contribution in [0.15, 0.2) is 24.3 Å². The normalized spacial score (nSPS) is 10.5. The van der Waals surface area contributed by atoms with E-state index in [0.29, 0.717) is 11.4 Å². The molecule has 0 aliphatic rings. The Bertz CT molecular complexity index is 385. The van der Waals surface area contributed by atoms with E-state index < -0.39 is 5.97 Å². The third-order valence-corrected chi connectivity index (χ3v) is 1.84. The third-order valence-electron chi connectivity index (χ3n) is 1.84. The van der Waals surface area contributed by atoms with Crippen LogP contribution in [0.25, 0.3) is 6.08 Å². The molecule has 0 saturated carbocycles. The molecule has 0 spiro atoms. The number of anilines is 1. The number of nitrogen functional groups attached to an aromatic ring is 1. The molecule has 4 heteroatoms. The van der Waals surface area contributed by atoms with Crippen LogP contribution in [0.1, 0.15) is 12.0 Å². The molecule has 0 amide bonds. The van der Waals surface area contributed by atoms with Gasteiger partial charge in [-0.25, -0.2) is 0 Å². The number of aliphatic carboxylic acids is 1. The summed E-state index contributed by atoms with van der Waals surface area (Å²) in [6, 6.07) is 5.21. The SMILES string of the molecule is COc1ccc(N)cc1C=CCC(=O)O. The minimum Gasteiger partial charge on any atom is -0.496 e. The molecule has 3 N–H and O–H groups in total. The maximum Gasteiger partial charge on any atom is 0.307 e. The van der Waals surface area contributed by atoms with Crippen molar-refractivity contribution in [1.82, 2.24) is 0 Å². The van der Waals surface area contributed by atoms with E-state index in [1.807, 2.05) is 0 Å². The van der Waals surface area contributed by atoms with Crippen molar-refractivity contribution in [1.29, 1.82) is 0 Å². The van der Waals surface area contributed by atoms with Gasteiger partial charge in [-0.05, 0) is 18.2 Å². The van der Waals surface area contributed by atoms with Gasteiger partial charge in [0.25, 0.3) is 0 Å². The van der Waals surface area contributed by atoms with Crippen molar-refractivity contribution in [3.63, 3.8) is 0 Å². The first kappa shape index (κ1) is 11.1. The Kier molecular flexibility index (Phi) is 3.74. The average Bonchev–Trinajstić information content (AvgIpc) is 2.17. The van der Waals surface area contributed by atoms with Crippen LogP contribution >= 0.6 is 0 Å². The van der Waals surface area contributed by atoms with Crippen LogP contribution in [0.4, 0.5) is 5.69 Å². The molecule has 1 aromatic rings. The van der Waals surface area contributed by atoms with Gasteiger partial charge in [-0.15, -0.1) is 0 Å². The summed E-state index contributed by atoms with van der Waals surface area (Å²) in [7, 11) is 1.56.